The van der Waals surface area contributed by atoms with Crippen molar-refractivity contribution >= 4 is 12.2 Å². The number of hydrogen-bond acceptors (Lipinski definition) is 4. The highest BCUT2D eigenvalue weighted by Crippen LogP contribution is 2.41. The number of nitrogens with two attached hydrogens (primary N) is 1. The molecule has 0 saturated carbocycles. The Morgan fingerprint density at radius 1 is 1.33 bits per heavy atom. The highest BCUT2D eigenvalue weighted by Gasteiger charge is 2.58. The SMILES string of the molecule is CC1(C)OCC(C)(C)[C@](C=O)(C(N)=O)O1. The molecule has 1 saturated heterocycles. The fourth-order valence-electron chi connectivity index (χ4n) is 1.64. The van der Waals surface area contributed by atoms with Crippen LogP contribution in [-0.2, 0) is 19.1 Å². The average Bonchev–Trinajstić information content (AvgIpc) is 2.09. The molecular weight excluding hydrogens is 198 g/mol. The lowest BCUT2D eigenvalue weighted by atomic mass is 9.74. The molecule has 86 valence electrons. The van der Waals surface area contributed by atoms with E-state index in [9.17, 15) is 9.59 Å². The van der Waals surface area contributed by atoms with E-state index in [0.29, 0.717) is 6.29 Å². The molecule has 0 aliphatic carbocycles. The van der Waals surface area contributed by atoms with E-state index in [4.69, 9.17) is 15.2 Å². The van der Waals surface area contributed by atoms with Crippen LogP contribution in [0, 0.1) is 5.41 Å². The van der Waals surface area contributed by atoms with Gasteiger partial charge in [-0.3, -0.25) is 9.59 Å². The number of primary amides is 1. The standard InChI is InChI=1S/C10H17NO4/c1-8(2)6-14-9(3,4)15-10(8,5-12)7(11)13/h5H,6H2,1-4H3,(H2,11,13)/t10-/m0/s1. The van der Waals surface area contributed by atoms with Gasteiger partial charge >= 0.3 is 0 Å². The van der Waals surface area contributed by atoms with Gasteiger partial charge in [-0.15, -0.1) is 0 Å². The molecule has 0 bridgehead atoms. The van der Waals surface area contributed by atoms with Gasteiger partial charge in [0.15, 0.2) is 12.1 Å². The van der Waals surface area contributed by atoms with Crippen molar-refractivity contribution in [3.63, 3.8) is 0 Å². The topological polar surface area (TPSA) is 78.6 Å². The normalized spacial score (nSPS) is 33.3. The van der Waals surface area contributed by atoms with Gasteiger partial charge in [-0.1, -0.05) is 13.8 Å². The summed E-state index contributed by atoms with van der Waals surface area (Å²) in [5.41, 5.74) is 2.87. The summed E-state index contributed by atoms with van der Waals surface area (Å²) in [7, 11) is 0. The molecular formula is C10H17NO4. The Morgan fingerprint density at radius 3 is 2.20 bits per heavy atom. The van der Waals surface area contributed by atoms with Gasteiger partial charge in [-0.05, 0) is 13.8 Å². The lowest BCUT2D eigenvalue weighted by molar-refractivity contribution is -0.326. The van der Waals surface area contributed by atoms with Crippen molar-refractivity contribution in [3.8, 4) is 0 Å². The lowest BCUT2D eigenvalue weighted by Gasteiger charge is -2.49. The van der Waals surface area contributed by atoms with Gasteiger partial charge in [-0.2, -0.15) is 0 Å². The molecule has 0 spiro atoms. The Kier molecular flexibility index (Phi) is 2.65. The van der Waals surface area contributed by atoms with Crippen molar-refractivity contribution in [1.29, 1.82) is 0 Å². The molecule has 5 nitrogen and oxygen atoms in total. The fourth-order valence-corrected chi connectivity index (χ4v) is 1.64. The van der Waals surface area contributed by atoms with Gasteiger partial charge in [0.1, 0.15) is 0 Å². The zero-order valence-electron chi connectivity index (χ0n) is 9.49. The summed E-state index contributed by atoms with van der Waals surface area (Å²) in [5, 5.41) is 0. The van der Waals surface area contributed by atoms with Gasteiger partial charge in [0.05, 0.1) is 6.61 Å². The molecule has 0 aromatic rings. The Balaban J connectivity index is 3.19. The third kappa shape index (κ3) is 1.77. The highest BCUT2D eigenvalue weighted by molar-refractivity contribution is 6.00. The molecule has 1 heterocycles. The monoisotopic (exact) mass is 215 g/mol. The van der Waals surface area contributed by atoms with Crippen molar-refractivity contribution in [1.82, 2.24) is 0 Å². The number of aldehydes is 1. The van der Waals surface area contributed by atoms with Crippen LogP contribution in [0.5, 0.6) is 0 Å². The molecule has 0 aromatic carbocycles. The Hall–Kier alpha value is -0.940. The maximum Gasteiger partial charge on any atom is 0.257 e. The number of amides is 1. The first kappa shape index (κ1) is 12.1. The summed E-state index contributed by atoms with van der Waals surface area (Å²) >= 11 is 0. The zero-order valence-corrected chi connectivity index (χ0v) is 9.49. The van der Waals surface area contributed by atoms with Crippen LogP contribution < -0.4 is 5.73 Å². The maximum atomic E-state index is 11.4. The number of ether oxygens (including phenoxy) is 2. The molecule has 1 fully saturated rings. The molecule has 1 aliphatic rings. The molecule has 1 aliphatic heterocycles. The zero-order chi connectivity index (χ0) is 11.9. The minimum absolute atomic E-state index is 0.238. The van der Waals surface area contributed by atoms with Crippen LogP contribution in [0.4, 0.5) is 0 Å². The quantitative estimate of drug-likeness (QED) is 0.528. The molecule has 0 aromatic heterocycles. The summed E-state index contributed by atoms with van der Waals surface area (Å²) in [6.07, 6.45) is 0.472. The van der Waals surface area contributed by atoms with Crippen LogP contribution in [0.25, 0.3) is 0 Å². The Labute approximate surface area is 88.9 Å². The lowest BCUT2D eigenvalue weighted by Crippen LogP contribution is -2.66. The molecule has 0 radical (unpaired) electrons. The van der Waals surface area contributed by atoms with Crippen LogP contribution in [0.15, 0.2) is 0 Å². The van der Waals surface area contributed by atoms with Crippen molar-refractivity contribution in [2.45, 2.75) is 39.1 Å². The largest absolute Gasteiger partial charge is 0.367 e. The molecule has 5 heteroatoms. The number of hydrogen-bond donors (Lipinski definition) is 1. The number of carbonyl (C=O) groups is 2. The van der Waals surface area contributed by atoms with E-state index in [1.54, 1.807) is 27.7 Å². The highest BCUT2D eigenvalue weighted by atomic mass is 16.7. The van der Waals surface area contributed by atoms with E-state index >= 15 is 0 Å². The van der Waals surface area contributed by atoms with Crippen LogP contribution in [0.1, 0.15) is 27.7 Å². The van der Waals surface area contributed by atoms with Crippen LogP contribution in [0.3, 0.4) is 0 Å². The summed E-state index contributed by atoms with van der Waals surface area (Å²) in [5.74, 6) is -1.76. The first-order chi connectivity index (χ1) is 6.67. The van der Waals surface area contributed by atoms with Crippen LogP contribution in [0.2, 0.25) is 0 Å². The van der Waals surface area contributed by atoms with E-state index in [2.05, 4.69) is 0 Å². The van der Waals surface area contributed by atoms with E-state index in [0.717, 1.165) is 0 Å². The predicted molar refractivity (Wildman–Crippen MR) is 52.9 cm³/mol. The Bertz CT molecular complexity index is 298. The van der Waals surface area contributed by atoms with E-state index in [-0.39, 0.29) is 6.61 Å². The summed E-state index contributed by atoms with van der Waals surface area (Å²) in [6, 6.07) is 0. The van der Waals surface area contributed by atoms with Crippen LogP contribution >= 0.6 is 0 Å². The van der Waals surface area contributed by atoms with Crippen molar-refractivity contribution in [3.05, 3.63) is 0 Å². The number of rotatable bonds is 2. The van der Waals surface area contributed by atoms with Gasteiger partial charge in [0, 0.05) is 5.41 Å². The Morgan fingerprint density at radius 2 is 1.87 bits per heavy atom. The van der Waals surface area contributed by atoms with Gasteiger partial charge < -0.3 is 15.2 Å². The smallest absolute Gasteiger partial charge is 0.257 e. The summed E-state index contributed by atoms with van der Waals surface area (Å²) in [4.78, 5) is 22.6. The third-order valence-electron chi connectivity index (χ3n) is 2.72. The van der Waals surface area contributed by atoms with E-state index in [1.165, 1.54) is 0 Å². The molecule has 2 N–H and O–H groups in total. The van der Waals surface area contributed by atoms with Gasteiger partial charge in [-0.25, -0.2) is 0 Å². The summed E-state index contributed by atoms with van der Waals surface area (Å²) in [6.45, 7) is 6.94. The fraction of sp³-hybridized carbons (Fsp3) is 0.800. The second-order valence-corrected chi connectivity index (χ2v) is 4.89. The molecule has 1 rings (SSSR count). The second-order valence-electron chi connectivity index (χ2n) is 4.89. The van der Waals surface area contributed by atoms with Gasteiger partial charge in [0.2, 0.25) is 5.60 Å². The minimum Gasteiger partial charge on any atom is -0.367 e. The predicted octanol–water partition coefficient (Wildman–Crippen LogP) is 0.219. The molecule has 0 unspecified atom stereocenters. The number of carbonyl (C=O) groups excluding carboxylic acids is 2. The molecule has 15 heavy (non-hydrogen) atoms. The van der Waals surface area contributed by atoms with Gasteiger partial charge in [0.25, 0.3) is 5.91 Å². The second kappa shape index (κ2) is 3.28. The van der Waals surface area contributed by atoms with Crippen molar-refractivity contribution < 1.29 is 19.1 Å². The van der Waals surface area contributed by atoms with Crippen molar-refractivity contribution in [2.75, 3.05) is 6.61 Å². The first-order valence-corrected chi connectivity index (χ1v) is 4.77. The first-order valence-electron chi connectivity index (χ1n) is 4.77. The third-order valence-corrected chi connectivity index (χ3v) is 2.72. The van der Waals surface area contributed by atoms with Crippen LogP contribution in [-0.4, -0.2) is 30.2 Å². The van der Waals surface area contributed by atoms with Crippen molar-refractivity contribution in [2.24, 2.45) is 11.1 Å². The van der Waals surface area contributed by atoms with E-state index in [1.807, 2.05) is 0 Å². The van der Waals surface area contributed by atoms with E-state index < -0.39 is 22.7 Å². The minimum atomic E-state index is -1.62. The summed E-state index contributed by atoms with van der Waals surface area (Å²) < 4.78 is 10.8. The maximum absolute atomic E-state index is 11.4. The molecule has 1 amide bonds. The molecule has 1 atom stereocenters. The average molecular weight is 215 g/mol.